The van der Waals surface area contributed by atoms with E-state index in [-0.39, 0.29) is 23.8 Å². The van der Waals surface area contributed by atoms with Gasteiger partial charge in [-0.1, -0.05) is 48.0 Å². The number of furan rings is 1. The second-order valence-corrected chi connectivity index (χ2v) is 7.45. The van der Waals surface area contributed by atoms with Crippen LogP contribution >= 0.6 is 0 Å². The lowest BCUT2D eigenvalue weighted by atomic mass is 10.1. The molecule has 0 spiro atoms. The number of amides is 3. The number of nitrogens with zero attached hydrogens (tertiary/aromatic N) is 1. The highest BCUT2D eigenvalue weighted by Crippen LogP contribution is 2.24. The van der Waals surface area contributed by atoms with E-state index in [2.05, 4.69) is 10.1 Å². The Morgan fingerprint density at radius 1 is 1.09 bits per heavy atom. The van der Waals surface area contributed by atoms with Gasteiger partial charge in [0.2, 0.25) is 5.76 Å². The van der Waals surface area contributed by atoms with Crippen molar-refractivity contribution in [2.75, 3.05) is 7.11 Å². The normalized spacial score (nSPS) is 14.5. The molecule has 0 unspecified atom stereocenters. The lowest BCUT2D eigenvalue weighted by molar-refractivity contribution is -0.123. The molecule has 0 aliphatic carbocycles. The third-order valence-corrected chi connectivity index (χ3v) is 5.02. The third kappa shape index (κ3) is 4.95. The minimum absolute atomic E-state index is 0.00462. The van der Waals surface area contributed by atoms with Gasteiger partial charge in [0.15, 0.2) is 0 Å². The van der Waals surface area contributed by atoms with Crippen molar-refractivity contribution < 1.29 is 28.3 Å². The molecule has 8 nitrogen and oxygen atoms in total. The van der Waals surface area contributed by atoms with Crippen LogP contribution in [-0.2, 0) is 22.7 Å². The first-order valence-electron chi connectivity index (χ1n) is 10.2. The van der Waals surface area contributed by atoms with Crippen molar-refractivity contribution in [2.45, 2.75) is 20.1 Å². The van der Waals surface area contributed by atoms with Crippen molar-refractivity contribution in [3.8, 4) is 5.75 Å². The van der Waals surface area contributed by atoms with E-state index in [1.165, 1.54) is 19.2 Å². The SMILES string of the molecule is COC(=O)c1ccc(CN2C(=O)N/C(=C\c3ccccc3OCc3cccc(C)c3)C2=O)o1. The number of carbonyl (C=O) groups excluding carboxylic acids is 3. The number of esters is 1. The van der Waals surface area contributed by atoms with Crippen LogP contribution in [0.25, 0.3) is 6.08 Å². The van der Waals surface area contributed by atoms with Crippen molar-refractivity contribution in [2.24, 2.45) is 0 Å². The number of ether oxygens (including phenoxy) is 2. The summed E-state index contributed by atoms with van der Waals surface area (Å²) in [5.74, 6) is -0.288. The maximum atomic E-state index is 12.8. The van der Waals surface area contributed by atoms with Gasteiger partial charge in [-0.3, -0.25) is 9.69 Å². The fraction of sp³-hybridized carbons (Fsp3) is 0.160. The van der Waals surface area contributed by atoms with Crippen LogP contribution in [0.1, 0.15) is 33.0 Å². The van der Waals surface area contributed by atoms with Crippen molar-refractivity contribution in [1.29, 1.82) is 0 Å². The van der Waals surface area contributed by atoms with E-state index in [1.54, 1.807) is 18.2 Å². The molecule has 1 aliphatic heterocycles. The molecule has 0 bridgehead atoms. The highest BCUT2D eigenvalue weighted by atomic mass is 16.5. The van der Waals surface area contributed by atoms with E-state index in [9.17, 15) is 14.4 Å². The summed E-state index contributed by atoms with van der Waals surface area (Å²) in [5, 5.41) is 2.58. The highest BCUT2D eigenvalue weighted by molar-refractivity contribution is 6.14. The number of methoxy groups -OCH3 is 1. The van der Waals surface area contributed by atoms with Gasteiger partial charge in [0.25, 0.3) is 5.91 Å². The molecule has 0 saturated carbocycles. The zero-order valence-corrected chi connectivity index (χ0v) is 18.2. The van der Waals surface area contributed by atoms with Gasteiger partial charge in [0.1, 0.15) is 23.8 Å². The van der Waals surface area contributed by atoms with E-state index in [1.807, 2.05) is 43.3 Å². The van der Waals surface area contributed by atoms with Crippen molar-refractivity contribution in [3.63, 3.8) is 0 Å². The minimum Gasteiger partial charge on any atom is -0.488 e. The molecular formula is C25H22N2O6. The fourth-order valence-electron chi connectivity index (χ4n) is 3.39. The number of nitrogens with one attached hydrogen (secondary N) is 1. The summed E-state index contributed by atoms with van der Waals surface area (Å²) < 4.78 is 15.9. The quantitative estimate of drug-likeness (QED) is 0.334. The maximum absolute atomic E-state index is 12.8. The Labute approximate surface area is 190 Å². The number of para-hydroxylation sites is 1. The number of imide groups is 1. The summed E-state index contributed by atoms with van der Waals surface area (Å²) >= 11 is 0. The van der Waals surface area contributed by atoms with Crippen LogP contribution in [0.2, 0.25) is 0 Å². The first-order valence-corrected chi connectivity index (χ1v) is 10.2. The van der Waals surface area contributed by atoms with Crippen LogP contribution in [0.3, 0.4) is 0 Å². The van der Waals surface area contributed by atoms with Crippen LogP contribution < -0.4 is 10.1 Å². The smallest absolute Gasteiger partial charge is 0.373 e. The predicted octanol–water partition coefficient (Wildman–Crippen LogP) is 4.05. The summed E-state index contributed by atoms with van der Waals surface area (Å²) in [6.07, 6.45) is 1.58. The van der Waals surface area contributed by atoms with Gasteiger partial charge < -0.3 is 19.2 Å². The molecule has 168 valence electrons. The van der Waals surface area contributed by atoms with E-state index in [4.69, 9.17) is 9.15 Å². The van der Waals surface area contributed by atoms with Gasteiger partial charge in [-0.15, -0.1) is 0 Å². The maximum Gasteiger partial charge on any atom is 0.373 e. The molecule has 3 aromatic rings. The predicted molar refractivity (Wildman–Crippen MR) is 119 cm³/mol. The Bertz CT molecular complexity index is 1240. The van der Waals surface area contributed by atoms with Crippen molar-refractivity contribution in [3.05, 3.63) is 94.6 Å². The fourth-order valence-corrected chi connectivity index (χ4v) is 3.39. The van der Waals surface area contributed by atoms with E-state index in [0.29, 0.717) is 17.9 Å². The lowest BCUT2D eigenvalue weighted by Crippen LogP contribution is -2.30. The monoisotopic (exact) mass is 446 g/mol. The highest BCUT2D eigenvalue weighted by Gasteiger charge is 2.34. The Hall–Kier alpha value is -4.33. The number of rotatable bonds is 7. The van der Waals surface area contributed by atoms with Crippen LogP contribution in [0, 0.1) is 6.92 Å². The Morgan fingerprint density at radius 3 is 2.70 bits per heavy atom. The Balaban J connectivity index is 1.49. The van der Waals surface area contributed by atoms with E-state index in [0.717, 1.165) is 16.0 Å². The molecule has 0 radical (unpaired) electrons. The van der Waals surface area contributed by atoms with Crippen LogP contribution in [-0.4, -0.2) is 29.9 Å². The zero-order valence-electron chi connectivity index (χ0n) is 18.2. The average Bonchev–Trinajstić information content (AvgIpc) is 3.38. The Kier molecular flexibility index (Phi) is 6.26. The van der Waals surface area contributed by atoms with Crippen LogP contribution in [0.15, 0.2) is 70.8 Å². The summed E-state index contributed by atoms with van der Waals surface area (Å²) in [6.45, 7) is 2.26. The molecule has 1 N–H and O–H groups in total. The van der Waals surface area contributed by atoms with Gasteiger partial charge in [-0.25, -0.2) is 9.59 Å². The van der Waals surface area contributed by atoms with Gasteiger partial charge in [0.05, 0.1) is 13.7 Å². The molecule has 1 aliphatic rings. The van der Waals surface area contributed by atoms with Gasteiger partial charge in [0, 0.05) is 5.56 Å². The second kappa shape index (κ2) is 9.44. The van der Waals surface area contributed by atoms with Crippen LogP contribution in [0.4, 0.5) is 4.79 Å². The molecule has 2 heterocycles. The minimum atomic E-state index is -0.638. The number of urea groups is 1. The number of benzene rings is 2. The first-order chi connectivity index (χ1) is 15.9. The molecule has 0 atom stereocenters. The molecule has 1 fully saturated rings. The van der Waals surface area contributed by atoms with E-state index >= 15 is 0 Å². The molecular weight excluding hydrogens is 424 g/mol. The summed E-state index contributed by atoms with van der Waals surface area (Å²) in [4.78, 5) is 37.8. The lowest BCUT2D eigenvalue weighted by Gasteiger charge is -2.10. The molecule has 2 aromatic carbocycles. The zero-order chi connectivity index (χ0) is 23.4. The average molecular weight is 446 g/mol. The molecule has 33 heavy (non-hydrogen) atoms. The summed E-state index contributed by atoms with van der Waals surface area (Å²) in [7, 11) is 1.24. The first kappa shape index (κ1) is 21.9. The summed E-state index contributed by atoms with van der Waals surface area (Å²) in [5.41, 5.74) is 2.94. The second-order valence-electron chi connectivity index (χ2n) is 7.45. The molecule has 1 aromatic heterocycles. The largest absolute Gasteiger partial charge is 0.488 e. The topological polar surface area (TPSA) is 98.1 Å². The standard InChI is InChI=1S/C25H22N2O6/c1-16-6-5-7-17(12-16)15-32-21-9-4-3-8-18(21)13-20-23(28)27(25(30)26-20)14-19-10-11-22(33-19)24(29)31-2/h3-13H,14-15H2,1-2H3,(H,26,30)/b20-13-. The number of carbonyl (C=O) groups is 3. The molecule has 4 rings (SSSR count). The van der Waals surface area contributed by atoms with Crippen LogP contribution in [0.5, 0.6) is 5.75 Å². The number of hydrogen-bond donors (Lipinski definition) is 1. The number of aryl methyl sites for hydroxylation is 1. The van der Waals surface area contributed by atoms with Gasteiger partial charge >= 0.3 is 12.0 Å². The van der Waals surface area contributed by atoms with Gasteiger partial charge in [-0.05, 0) is 36.8 Å². The van der Waals surface area contributed by atoms with E-state index < -0.39 is 17.9 Å². The van der Waals surface area contributed by atoms with Gasteiger partial charge in [-0.2, -0.15) is 0 Å². The third-order valence-electron chi connectivity index (χ3n) is 5.02. The van der Waals surface area contributed by atoms with Crippen molar-refractivity contribution in [1.82, 2.24) is 10.2 Å². The summed E-state index contributed by atoms with van der Waals surface area (Å²) in [6, 6.07) is 17.6. The number of hydrogen-bond acceptors (Lipinski definition) is 6. The Morgan fingerprint density at radius 2 is 1.91 bits per heavy atom. The molecule has 8 heteroatoms. The van der Waals surface area contributed by atoms with Crippen molar-refractivity contribution >= 4 is 24.0 Å². The molecule has 3 amide bonds. The molecule has 1 saturated heterocycles.